The molecule has 2 heterocycles. The molecule has 1 atom stereocenters. The van der Waals surface area contributed by atoms with E-state index in [-0.39, 0.29) is 21.3 Å². The van der Waals surface area contributed by atoms with Crippen molar-refractivity contribution in [3.8, 4) is 5.75 Å². The number of aryl methyl sites for hydroxylation is 1. The van der Waals surface area contributed by atoms with Crippen LogP contribution >= 0.6 is 22.9 Å². The van der Waals surface area contributed by atoms with E-state index in [4.69, 9.17) is 16.6 Å². The Balaban J connectivity index is 1.63. The van der Waals surface area contributed by atoms with E-state index < -0.39 is 16.7 Å². The van der Waals surface area contributed by atoms with Gasteiger partial charge >= 0.3 is 0 Å². The molecule has 0 bridgehead atoms. The highest BCUT2D eigenvalue weighted by Crippen LogP contribution is 2.42. The normalized spacial score (nSPS) is 16.7. The monoisotopic (exact) mass is 514 g/mol. The van der Waals surface area contributed by atoms with E-state index in [0.29, 0.717) is 9.82 Å². The van der Waals surface area contributed by atoms with Crippen LogP contribution in [0.25, 0.3) is 11.8 Å². The van der Waals surface area contributed by atoms with Crippen molar-refractivity contribution in [2.45, 2.75) is 18.9 Å². The molecule has 0 N–H and O–H groups in total. The van der Waals surface area contributed by atoms with Gasteiger partial charge in [0.05, 0.1) is 21.2 Å². The minimum Gasteiger partial charge on any atom is -0.872 e. The van der Waals surface area contributed by atoms with Gasteiger partial charge in [-0.05, 0) is 47.2 Å². The number of halogens is 1. The Labute approximate surface area is 213 Å². The summed E-state index contributed by atoms with van der Waals surface area (Å²) < 4.78 is 1.91. The number of hydrogen-bond acceptors (Lipinski definition) is 6. The van der Waals surface area contributed by atoms with Gasteiger partial charge in [-0.25, -0.2) is 4.99 Å². The quantitative estimate of drug-likeness (QED) is 0.305. The number of thiazole rings is 1. The van der Waals surface area contributed by atoms with Crippen LogP contribution in [-0.4, -0.2) is 9.49 Å². The number of nitrogens with zero attached hydrogens (tertiary/aromatic N) is 3. The van der Waals surface area contributed by atoms with Crippen LogP contribution in [0.4, 0.5) is 5.69 Å². The summed E-state index contributed by atoms with van der Waals surface area (Å²) in [7, 11) is 0. The molecule has 6 rings (SSSR count). The molecule has 178 valence electrons. The lowest BCUT2D eigenvalue weighted by atomic mass is 9.83. The third-order valence-corrected chi connectivity index (χ3v) is 7.89. The van der Waals surface area contributed by atoms with Gasteiger partial charge in [-0.15, -0.1) is 5.75 Å². The second-order valence-electron chi connectivity index (χ2n) is 8.61. The molecule has 1 aliphatic carbocycles. The van der Waals surface area contributed by atoms with Crippen molar-refractivity contribution < 1.29 is 10.0 Å². The number of rotatable bonds is 3. The summed E-state index contributed by atoms with van der Waals surface area (Å²) in [6.45, 7) is 0. The smallest absolute Gasteiger partial charge is 0.271 e. The van der Waals surface area contributed by atoms with E-state index >= 15 is 0 Å². The van der Waals surface area contributed by atoms with Crippen LogP contribution < -0.4 is 20.0 Å². The van der Waals surface area contributed by atoms with Gasteiger partial charge in [0.1, 0.15) is 0 Å². The molecular weight excluding hydrogens is 498 g/mol. The fourth-order valence-corrected chi connectivity index (χ4v) is 6.13. The van der Waals surface area contributed by atoms with E-state index in [9.17, 15) is 20.0 Å². The first kappa shape index (κ1) is 22.5. The highest BCUT2D eigenvalue weighted by atomic mass is 35.5. The molecule has 36 heavy (non-hydrogen) atoms. The van der Waals surface area contributed by atoms with Crippen molar-refractivity contribution in [2.75, 3.05) is 0 Å². The number of benzene rings is 3. The van der Waals surface area contributed by atoms with Crippen LogP contribution in [0, 0.1) is 10.1 Å². The Morgan fingerprint density at radius 2 is 1.86 bits per heavy atom. The first-order valence-corrected chi connectivity index (χ1v) is 12.4. The van der Waals surface area contributed by atoms with Crippen LogP contribution in [0.5, 0.6) is 5.75 Å². The van der Waals surface area contributed by atoms with Crippen molar-refractivity contribution >= 4 is 40.4 Å². The van der Waals surface area contributed by atoms with Crippen LogP contribution in [0.15, 0.2) is 82.1 Å². The van der Waals surface area contributed by atoms with Crippen molar-refractivity contribution in [3.05, 3.63) is 129 Å². The van der Waals surface area contributed by atoms with Gasteiger partial charge in [0, 0.05) is 22.7 Å². The molecule has 0 radical (unpaired) electrons. The van der Waals surface area contributed by atoms with Crippen LogP contribution in [-0.2, 0) is 6.42 Å². The first-order chi connectivity index (χ1) is 17.4. The number of nitro groups is 1. The first-order valence-electron chi connectivity index (χ1n) is 11.3. The zero-order chi connectivity index (χ0) is 25.0. The Bertz CT molecular complexity index is 1790. The molecule has 9 heteroatoms. The van der Waals surface area contributed by atoms with Gasteiger partial charge in [0.25, 0.3) is 11.2 Å². The molecule has 3 aromatic carbocycles. The summed E-state index contributed by atoms with van der Waals surface area (Å²) >= 11 is 7.79. The molecule has 1 aliphatic heterocycles. The average Bonchev–Trinajstić information content (AvgIpc) is 3.19. The molecule has 0 fully saturated rings. The zero-order valence-corrected chi connectivity index (χ0v) is 20.3. The van der Waals surface area contributed by atoms with E-state index in [1.807, 2.05) is 36.4 Å². The molecule has 1 aromatic heterocycles. The number of non-ortho nitro benzene ring substituents is 1. The fraction of sp³-hybridized carbons (Fsp3) is 0.111. The number of allylic oxidation sites excluding steroid dienone is 1. The van der Waals surface area contributed by atoms with E-state index in [0.717, 1.165) is 58.7 Å². The van der Waals surface area contributed by atoms with Crippen molar-refractivity contribution in [1.82, 2.24) is 4.57 Å². The number of aromatic nitrogens is 1. The summed E-state index contributed by atoms with van der Waals surface area (Å²) in [5, 5.41) is 24.2. The molecule has 2 aliphatic rings. The van der Waals surface area contributed by atoms with Gasteiger partial charge in [-0.1, -0.05) is 71.5 Å². The highest BCUT2D eigenvalue weighted by molar-refractivity contribution is 7.07. The molecule has 0 spiro atoms. The Hall–Kier alpha value is -4.01. The maximum Gasteiger partial charge on any atom is 0.271 e. The summed E-state index contributed by atoms with van der Waals surface area (Å²) in [6, 6.07) is 18.6. The molecular formula is C27H17ClN3O4S-. The maximum atomic E-state index is 13.7. The van der Waals surface area contributed by atoms with E-state index in [1.165, 1.54) is 17.7 Å². The summed E-state index contributed by atoms with van der Waals surface area (Å²) in [6.07, 6.45) is 2.97. The van der Waals surface area contributed by atoms with E-state index in [1.54, 1.807) is 10.6 Å². The van der Waals surface area contributed by atoms with Crippen LogP contribution in [0.3, 0.4) is 0 Å². The number of hydrogen-bond donors (Lipinski definition) is 0. The molecule has 7 nitrogen and oxygen atoms in total. The third kappa shape index (κ3) is 3.57. The number of nitro benzene ring substituents is 1. The Morgan fingerprint density at radius 1 is 1.08 bits per heavy atom. The lowest BCUT2D eigenvalue weighted by molar-refractivity contribution is -0.385. The molecule has 0 amide bonds. The van der Waals surface area contributed by atoms with Crippen molar-refractivity contribution in [2.24, 2.45) is 4.99 Å². The van der Waals surface area contributed by atoms with Gasteiger partial charge < -0.3 is 5.11 Å². The zero-order valence-electron chi connectivity index (χ0n) is 18.7. The molecule has 0 unspecified atom stereocenters. The van der Waals surface area contributed by atoms with Gasteiger partial charge in [0.2, 0.25) is 0 Å². The predicted octanol–water partition coefficient (Wildman–Crippen LogP) is 3.95. The maximum absolute atomic E-state index is 13.7. The lowest BCUT2D eigenvalue weighted by Gasteiger charge is -2.31. The second kappa shape index (κ2) is 8.58. The lowest BCUT2D eigenvalue weighted by Crippen LogP contribution is -2.38. The Morgan fingerprint density at radius 3 is 2.67 bits per heavy atom. The van der Waals surface area contributed by atoms with Gasteiger partial charge in [0.15, 0.2) is 4.80 Å². The van der Waals surface area contributed by atoms with Gasteiger partial charge in [-0.3, -0.25) is 19.5 Å². The Kier molecular flexibility index (Phi) is 5.35. The largest absolute Gasteiger partial charge is 0.872 e. The fourth-order valence-electron chi connectivity index (χ4n) is 4.90. The molecule has 0 saturated carbocycles. The molecule has 0 saturated heterocycles. The summed E-state index contributed by atoms with van der Waals surface area (Å²) in [4.78, 5) is 29.8. The van der Waals surface area contributed by atoms with Crippen LogP contribution in [0.1, 0.15) is 34.7 Å². The topological polar surface area (TPSA) is 101 Å². The minimum atomic E-state index is -0.568. The minimum absolute atomic E-state index is 0.0814. The molecule has 4 aromatic rings. The van der Waals surface area contributed by atoms with Crippen molar-refractivity contribution in [1.29, 1.82) is 0 Å². The van der Waals surface area contributed by atoms with Crippen LogP contribution in [0.2, 0.25) is 5.02 Å². The standard InChI is InChI=1S/C27H18ClN3O4S/c28-21-8-4-3-7-19(21)25-20-11-9-15-5-1-2-6-18(15)24(20)29-27-30(25)26(33)23(36-27)14-16-13-17(31(34)35)10-12-22(16)32/h1-8,10,12-14,25,32H,9,11H2/p-1/b23-14-/t25-/m0/s1. The van der Waals surface area contributed by atoms with Crippen molar-refractivity contribution in [3.63, 3.8) is 0 Å². The predicted molar refractivity (Wildman–Crippen MR) is 137 cm³/mol. The SMILES string of the molecule is O=c1/c(=C/c2cc([N+](=O)[O-])ccc2[O-])sc2n1[C@@H](c1ccccc1Cl)C1=C(N=2)c2ccccc2CC1. The van der Waals surface area contributed by atoms with Gasteiger partial charge in [-0.2, -0.15) is 0 Å². The van der Waals surface area contributed by atoms with E-state index in [2.05, 4.69) is 6.07 Å². The second-order valence-corrected chi connectivity index (χ2v) is 10.0. The summed E-state index contributed by atoms with van der Waals surface area (Å²) in [5.41, 5.74) is 4.44. The number of fused-ring (bicyclic) bond motifs is 3. The summed E-state index contributed by atoms with van der Waals surface area (Å²) in [5.74, 6) is -0.401. The highest BCUT2D eigenvalue weighted by Gasteiger charge is 2.33. The third-order valence-electron chi connectivity index (χ3n) is 6.56. The average molecular weight is 515 g/mol.